The minimum absolute atomic E-state index is 0.295. The van der Waals surface area contributed by atoms with Crippen LogP contribution in [0.1, 0.15) is 18.9 Å². The Kier molecular flexibility index (Phi) is 2.45. The average Bonchev–Trinajstić information content (AvgIpc) is 2.38. The fourth-order valence-electron chi connectivity index (χ4n) is 1.48. The third kappa shape index (κ3) is 1.80. The summed E-state index contributed by atoms with van der Waals surface area (Å²) in [6, 6.07) is 1.94. The zero-order valence-electron chi connectivity index (χ0n) is 7.79. The van der Waals surface area contributed by atoms with E-state index in [-0.39, 0.29) is 0 Å². The smallest absolute Gasteiger partial charge is 0.127 e. The van der Waals surface area contributed by atoms with E-state index in [0.717, 1.165) is 30.8 Å². The highest BCUT2D eigenvalue weighted by Crippen LogP contribution is 2.20. The molecular weight excluding hydrogens is 164 g/mol. The molecule has 0 amide bonds. The first kappa shape index (κ1) is 8.51. The third-order valence-corrected chi connectivity index (χ3v) is 2.30. The fourth-order valence-corrected chi connectivity index (χ4v) is 1.48. The molecule has 1 aliphatic rings. The van der Waals surface area contributed by atoms with Crippen LogP contribution in [0.25, 0.3) is 0 Å². The van der Waals surface area contributed by atoms with Gasteiger partial charge in [0.1, 0.15) is 11.9 Å². The van der Waals surface area contributed by atoms with Crippen molar-refractivity contribution in [1.82, 2.24) is 10.3 Å². The first-order valence-corrected chi connectivity index (χ1v) is 4.70. The minimum Gasteiger partial charge on any atom is -0.489 e. The molecule has 3 heteroatoms. The largest absolute Gasteiger partial charge is 0.489 e. The molecule has 0 fully saturated rings. The number of hydrogen-bond acceptors (Lipinski definition) is 3. The van der Waals surface area contributed by atoms with E-state index in [9.17, 15) is 0 Å². The molecule has 1 N–H and O–H groups in total. The number of nitrogens with zero attached hydrogens (tertiary/aromatic N) is 1. The van der Waals surface area contributed by atoms with Crippen molar-refractivity contribution in [2.75, 3.05) is 6.54 Å². The molecule has 0 unspecified atom stereocenters. The Morgan fingerprint density at radius 3 is 3.46 bits per heavy atom. The zero-order chi connectivity index (χ0) is 9.10. The Hall–Kier alpha value is -1.09. The van der Waals surface area contributed by atoms with E-state index < -0.39 is 0 Å². The van der Waals surface area contributed by atoms with E-state index in [1.165, 1.54) is 0 Å². The van der Waals surface area contributed by atoms with E-state index in [2.05, 4.69) is 17.2 Å². The Labute approximate surface area is 78.1 Å². The lowest BCUT2D eigenvalue weighted by molar-refractivity contribution is 0.202. The van der Waals surface area contributed by atoms with Crippen LogP contribution in [0.5, 0.6) is 5.75 Å². The predicted octanol–water partition coefficient (Wildman–Crippen LogP) is 1.34. The highest BCUT2D eigenvalue weighted by Gasteiger charge is 2.14. The maximum absolute atomic E-state index is 5.80. The van der Waals surface area contributed by atoms with Crippen molar-refractivity contribution in [2.45, 2.75) is 26.0 Å². The summed E-state index contributed by atoms with van der Waals surface area (Å²) >= 11 is 0. The van der Waals surface area contributed by atoms with Gasteiger partial charge in [-0.05, 0) is 12.5 Å². The van der Waals surface area contributed by atoms with E-state index >= 15 is 0 Å². The number of hydrogen-bond donors (Lipinski definition) is 1. The van der Waals surface area contributed by atoms with Crippen molar-refractivity contribution in [1.29, 1.82) is 0 Å². The van der Waals surface area contributed by atoms with Gasteiger partial charge >= 0.3 is 0 Å². The van der Waals surface area contributed by atoms with Gasteiger partial charge in [0.15, 0.2) is 0 Å². The molecule has 70 valence electrons. The molecule has 0 saturated heterocycles. The van der Waals surface area contributed by atoms with E-state index in [1.807, 2.05) is 12.3 Å². The molecule has 1 atom stereocenters. The van der Waals surface area contributed by atoms with Crippen molar-refractivity contribution in [2.24, 2.45) is 0 Å². The van der Waals surface area contributed by atoms with E-state index in [1.54, 1.807) is 6.20 Å². The summed E-state index contributed by atoms with van der Waals surface area (Å²) in [6.07, 6.45) is 4.97. The summed E-state index contributed by atoms with van der Waals surface area (Å²) in [7, 11) is 0. The highest BCUT2D eigenvalue weighted by molar-refractivity contribution is 5.30. The Morgan fingerprint density at radius 1 is 1.69 bits per heavy atom. The molecule has 1 aromatic rings. The van der Waals surface area contributed by atoms with Gasteiger partial charge in [-0.2, -0.15) is 0 Å². The highest BCUT2D eigenvalue weighted by atomic mass is 16.5. The third-order valence-electron chi connectivity index (χ3n) is 2.30. The van der Waals surface area contributed by atoms with Crippen LogP contribution >= 0.6 is 0 Å². The topological polar surface area (TPSA) is 34.2 Å². The van der Waals surface area contributed by atoms with Gasteiger partial charge in [-0.3, -0.25) is 4.98 Å². The lowest BCUT2D eigenvalue weighted by atomic mass is 10.2. The van der Waals surface area contributed by atoms with E-state index in [4.69, 9.17) is 4.74 Å². The summed E-state index contributed by atoms with van der Waals surface area (Å²) in [5.74, 6) is 0.979. The minimum atomic E-state index is 0.295. The second-order valence-corrected chi connectivity index (χ2v) is 3.26. The number of nitrogens with one attached hydrogen (secondary N) is 1. The van der Waals surface area contributed by atoms with E-state index in [0.29, 0.717) is 6.10 Å². The fraction of sp³-hybridized carbons (Fsp3) is 0.500. The van der Waals surface area contributed by atoms with Gasteiger partial charge in [-0.1, -0.05) is 6.92 Å². The standard InChI is InChI=1S/C10H14N2O/c1-2-9-7-12-6-8-5-11-4-3-10(8)13-9/h3-5,9,12H,2,6-7H2,1H3/t9-/m1/s1. The first-order valence-electron chi connectivity index (χ1n) is 4.70. The maximum atomic E-state index is 5.80. The van der Waals surface area contributed by atoms with Crippen LogP contribution in [0, 0.1) is 0 Å². The lowest BCUT2D eigenvalue weighted by Gasteiger charge is -2.14. The zero-order valence-corrected chi connectivity index (χ0v) is 7.79. The number of aromatic nitrogens is 1. The molecule has 13 heavy (non-hydrogen) atoms. The SMILES string of the molecule is CC[C@@H]1CNCc2cnccc2O1. The Morgan fingerprint density at radius 2 is 2.62 bits per heavy atom. The molecule has 1 aromatic heterocycles. The van der Waals surface area contributed by atoms with Crippen molar-refractivity contribution >= 4 is 0 Å². The summed E-state index contributed by atoms with van der Waals surface area (Å²) in [5.41, 5.74) is 1.15. The quantitative estimate of drug-likeness (QED) is 0.704. The second kappa shape index (κ2) is 3.75. The second-order valence-electron chi connectivity index (χ2n) is 3.26. The van der Waals surface area contributed by atoms with Crippen LogP contribution in [0.15, 0.2) is 18.5 Å². The van der Waals surface area contributed by atoms with Crippen LogP contribution in [0.2, 0.25) is 0 Å². The normalized spacial score (nSPS) is 21.5. The molecule has 0 aromatic carbocycles. The van der Waals surface area contributed by atoms with Gasteiger partial charge < -0.3 is 10.1 Å². The van der Waals surface area contributed by atoms with Crippen LogP contribution < -0.4 is 10.1 Å². The molecule has 0 bridgehead atoms. The summed E-state index contributed by atoms with van der Waals surface area (Å²) in [6.45, 7) is 3.92. The van der Waals surface area contributed by atoms with Crippen LogP contribution in [-0.2, 0) is 6.54 Å². The van der Waals surface area contributed by atoms with Crippen LogP contribution in [0.4, 0.5) is 0 Å². The maximum Gasteiger partial charge on any atom is 0.127 e. The van der Waals surface area contributed by atoms with Gasteiger partial charge in [0, 0.05) is 31.0 Å². The molecule has 0 saturated carbocycles. The molecule has 0 aliphatic carbocycles. The van der Waals surface area contributed by atoms with Crippen LogP contribution in [0.3, 0.4) is 0 Å². The summed E-state index contributed by atoms with van der Waals surface area (Å²) < 4.78 is 5.80. The van der Waals surface area contributed by atoms with Crippen molar-refractivity contribution in [3.63, 3.8) is 0 Å². The van der Waals surface area contributed by atoms with Crippen molar-refractivity contribution in [3.05, 3.63) is 24.0 Å². The number of fused-ring (bicyclic) bond motifs is 1. The molecule has 1 aliphatic heterocycles. The monoisotopic (exact) mass is 178 g/mol. The number of rotatable bonds is 1. The van der Waals surface area contributed by atoms with Gasteiger partial charge in [0.25, 0.3) is 0 Å². The molecule has 2 rings (SSSR count). The molecule has 2 heterocycles. The molecule has 0 radical (unpaired) electrons. The average molecular weight is 178 g/mol. The van der Waals surface area contributed by atoms with Gasteiger partial charge in [-0.15, -0.1) is 0 Å². The number of ether oxygens (including phenoxy) is 1. The predicted molar refractivity (Wildman–Crippen MR) is 50.7 cm³/mol. The Balaban J connectivity index is 2.23. The number of pyridine rings is 1. The molecule has 0 spiro atoms. The first-order chi connectivity index (χ1) is 6.40. The lowest BCUT2D eigenvalue weighted by Crippen LogP contribution is -2.27. The molecule has 3 nitrogen and oxygen atoms in total. The van der Waals surface area contributed by atoms with Gasteiger partial charge in [0.05, 0.1) is 0 Å². The summed E-state index contributed by atoms with van der Waals surface area (Å²) in [5, 5.41) is 3.34. The molecular formula is C10H14N2O. The van der Waals surface area contributed by atoms with Crippen molar-refractivity contribution in [3.8, 4) is 5.75 Å². The van der Waals surface area contributed by atoms with Gasteiger partial charge in [-0.25, -0.2) is 0 Å². The summed E-state index contributed by atoms with van der Waals surface area (Å²) in [4.78, 5) is 4.07. The van der Waals surface area contributed by atoms with Gasteiger partial charge in [0.2, 0.25) is 0 Å². The Bertz CT molecular complexity index is 288. The van der Waals surface area contributed by atoms with Crippen molar-refractivity contribution < 1.29 is 4.74 Å². The van der Waals surface area contributed by atoms with Crippen LogP contribution in [-0.4, -0.2) is 17.6 Å².